The van der Waals surface area contributed by atoms with Crippen LogP contribution in [0.2, 0.25) is 0 Å². The first kappa shape index (κ1) is 31.2. The van der Waals surface area contributed by atoms with Crippen LogP contribution in [0.4, 0.5) is 25.1 Å². The van der Waals surface area contributed by atoms with Gasteiger partial charge in [0.1, 0.15) is 18.2 Å². The third-order valence-corrected chi connectivity index (χ3v) is 6.89. The highest BCUT2D eigenvalue weighted by molar-refractivity contribution is 5.93. The van der Waals surface area contributed by atoms with E-state index in [1.807, 2.05) is 20.8 Å². The Hall–Kier alpha value is -5.27. The van der Waals surface area contributed by atoms with Gasteiger partial charge in [-0.1, -0.05) is 6.58 Å². The van der Waals surface area contributed by atoms with Crippen molar-refractivity contribution < 1.29 is 32.6 Å². The minimum Gasteiger partial charge on any atom is -0.493 e. The molecule has 2 aromatic heterocycles. The molecule has 2 N–H and O–H groups in total. The number of methoxy groups -OCH3 is 1. The van der Waals surface area contributed by atoms with Crippen molar-refractivity contribution in [3.05, 3.63) is 67.1 Å². The molecule has 12 nitrogen and oxygen atoms in total. The highest BCUT2D eigenvalue weighted by Crippen LogP contribution is 2.37. The molecule has 0 spiro atoms. The summed E-state index contributed by atoms with van der Waals surface area (Å²) in [5.74, 6) is -1.28. The lowest BCUT2D eigenvalue weighted by Gasteiger charge is -2.31. The van der Waals surface area contributed by atoms with Crippen LogP contribution in [0.15, 0.2) is 55.5 Å². The van der Waals surface area contributed by atoms with Crippen LogP contribution in [0.3, 0.4) is 0 Å². The summed E-state index contributed by atoms with van der Waals surface area (Å²) in [6.45, 7) is 10.0. The number of nitrogens with zero attached hydrogens (tertiary/aromatic N) is 5. The van der Waals surface area contributed by atoms with Crippen LogP contribution in [0.5, 0.6) is 23.1 Å². The van der Waals surface area contributed by atoms with Crippen LogP contribution in [0, 0.1) is 11.6 Å². The number of hydrogen-bond acceptors (Lipinski definition) is 9. The van der Waals surface area contributed by atoms with Gasteiger partial charge in [-0.15, -0.1) is 5.10 Å². The van der Waals surface area contributed by atoms with Crippen LogP contribution < -0.4 is 24.8 Å². The highest BCUT2D eigenvalue weighted by atomic mass is 19.1. The highest BCUT2D eigenvalue weighted by Gasteiger charge is 2.24. The Bertz CT molecular complexity index is 1750. The minimum atomic E-state index is -0.877. The van der Waals surface area contributed by atoms with Crippen molar-refractivity contribution in [1.29, 1.82) is 0 Å². The van der Waals surface area contributed by atoms with Gasteiger partial charge in [0.2, 0.25) is 11.8 Å². The van der Waals surface area contributed by atoms with Gasteiger partial charge >= 0.3 is 6.03 Å². The SMILES string of the molecule is C=CC(=O)N1CCC(Oc2cc3c(Nc4cc(F)c(Oc5ccn(C(=O)NC(C)(C)C)n5)cc4F)ncnc3cc2OC)CC1. The van der Waals surface area contributed by atoms with E-state index in [1.54, 1.807) is 17.0 Å². The molecule has 2 amide bonds. The number of likely N-dealkylation sites (tertiary alicyclic amines) is 1. The van der Waals surface area contributed by atoms with Gasteiger partial charge < -0.3 is 29.7 Å². The van der Waals surface area contributed by atoms with Crippen LogP contribution in [0.1, 0.15) is 33.6 Å². The first-order chi connectivity index (χ1) is 21.4. The van der Waals surface area contributed by atoms with Crippen molar-refractivity contribution in [2.45, 2.75) is 45.3 Å². The number of anilines is 2. The molecule has 0 bridgehead atoms. The van der Waals surface area contributed by atoms with E-state index in [0.717, 1.165) is 16.8 Å². The summed E-state index contributed by atoms with van der Waals surface area (Å²) in [5, 5.41) is 10.0. The molecule has 0 saturated carbocycles. The molecule has 0 radical (unpaired) electrons. The van der Waals surface area contributed by atoms with E-state index in [4.69, 9.17) is 14.2 Å². The average Bonchev–Trinajstić information content (AvgIpc) is 3.47. The largest absolute Gasteiger partial charge is 0.493 e. The Balaban J connectivity index is 1.34. The summed E-state index contributed by atoms with van der Waals surface area (Å²) < 4.78 is 48.5. The Morgan fingerprint density at radius 3 is 2.49 bits per heavy atom. The first-order valence-corrected chi connectivity index (χ1v) is 14.2. The number of hydrogen-bond donors (Lipinski definition) is 2. The number of aromatic nitrogens is 4. The third kappa shape index (κ3) is 7.28. The number of benzene rings is 2. The lowest BCUT2D eigenvalue weighted by Crippen LogP contribution is -2.43. The molecule has 1 saturated heterocycles. The summed E-state index contributed by atoms with van der Waals surface area (Å²) in [6, 6.07) is 6.00. The number of carbonyl (C=O) groups excluding carboxylic acids is 2. The molecular weight excluding hydrogens is 588 g/mol. The van der Waals surface area contributed by atoms with Crippen molar-refractivity contribution in [3.8, 4) is 23.1 Å². The lowest BCUT2D eigenvalue weighted by atomic mass is 10.1. The fourth-order valence-electron chi connectivity index (χ4n) is 4.71. The molecular formula is C31H33F2N7O5. The van der Waals surface area contributed by atoms with Gasteiger partial charge in [0.15, 0.2) is 28.9 Å². The number of amides is 2. The van der Waals surface area contributed by atoms with Crippen molar-refractivity contribution in [2.24, 2.45) is 0 Å². The minimum absolute atomic E-state index is 0.0979. The number of piperidine rings is 1. The van der Waals surface area contributed by atoms with Crippen LogP contribution in [-0.4, -0.2) is 68.4 Å². The number of fused-ring (bicyclic) bond motifs is 1. The zero-order chi connectivity index (χ0) is 32.3. The van der Waals surface area contributed by atoms with Gasteiger partial charge in [0, 0.05) is 67.3 Å². The fourth-order valence-corrected chi connectivity index (χ4v) is 4.71. The smallest absolute Gasteiger partial charge is 0.342 e. The molecule has 1 aliphatic heterocycles. The third-order valence-electron chi connectivity index (χ3n) is 6.89. The second kappa shape index (κ2) is 12.8. The van der Waals surface area contributed by atoms with Gasteiger partial charge in [-0.2, -0.15) is 4.68 Å². The molecule has 45 heavy (non-hydrogen) atoms. The van der Waals surface area contributed by atoms with Gasteiger partial charge in [-0.25, -0.2) is 23.5 Å². The Morgan fingerprint density at radius 2 is 1.80 bits per heavy atom. The number of carbonyl (C=O) groups is 2. The van der Waals surface area contributed by atoms with E-state index in [2.05, 4.69) is 32.3 Å². The summed E-state index contributed by atoms with van der Waals surface area (Å²) in [7, 11) is 1.51. The second-order valence-corrected chi connectivity index (χ2v) is 11.4. The Morgan fingerprint density at radius 1 is 1.04 bits per heavy atom. The average molecular weight is 622 g/mol. The van der Waals surface area contributed by atoms with E-state index in [1.165, 1.54) is 31.8 Å². The lowest BCUT2D eigenvalue weighted by molar-refractivity contribution is -0.127. The van der Waals surface area contributed by atoms with E-state index in [0.29, 0.717) is 48.3 Å². The maximum absolute atomic E-state index is 15.2. The normalized spacial score (nSPS) is 13.8. The summed E-state index contributed by atoms with van der Waals surface area (Å²) in [4.78, 5) is 34.5. The van der Waals surface area contributed by atoms with Gasteiger partial charge in [-0.05, 0) is 32.9 Å². The molecule has 1 fully saturated rings. The molecule has 3 heterocycles. The second-order valence-electron chi connectivity index (χ2n) is 11.4. The number of halogens is 2. The van der Waals surface area contributed by atoms with E-state index in [9.17, 15) is 9.59 Å². The first-order valence-electron chi connectivity index (χ1n) is 14.2. The topological polar surface area (TPSA) is 133 Å². The zero-order valence-electron chi connectivity index (χ0n) is 25.3. The van der Waals surface area contributed by atoms with Crippen molar-refractivity contribution in [2.75, 3.05) is 25.5 Å². The van der Waals surface area contributed by atoms with Crippen LogP contribution in [-0.2, 0) is 4.79 Å². The summed E-state index contributed by atoms with van der Waals surface area (Å²) in [5.41, 5.74) is -0.216. The predicted molar refractivity (Wildman–Crippen MR) is 162 cm³/mol. The molecule has 236 valence electrons. The molecule has 1 aliphatic rings. The molecule has 4 aromatic rings. The van der Waals surface area contributed by atoms with Gasteiger partial charge in [0.05, 0.1) is 18.3 Å². The monoisotopic (exact) mass is 621 g/mol. The molecule has 5 rings (SSSR count). The van der Waals surface area contributed by atoms with Crippen LogP contribution >= 0.6 is 0 Å². The van der Waals surface area contributed by atoms with E-state index < -0.39 is 29.0 Å². The maximum atomic E-state index is 15.2. The fraction of sp³-hybridized carbons (Fsp3) is 0.323. The number of nitrogens with one attached hydrogen (secondary N) is 2. The number of ether oxygens (including phenoxy) is 3. The Kier molecular flexibility index (Phi) is 8.84. The predicted octanol–water partition coefficient (Wildman–Crippen LogP) is 5.56. The van der Waals surface area contributed by atoms with Gasteiger partial charge in [-0.3, -0.25) is 4.79 Å². The quantitative estimate of drug-likeness (QED) is 0.243. The molecule has 0 atom stereocenters. The van der Waals surface area contributed by atoms with Crippen LogP contribution in [0.25, 0.3) is 10.9 Å². The van der Waals surface area contributed by atoms with E-state index in [-0.39, 0.29) is 29.4 Å². The van der Waals surface area contributed by atoms with Gasteiger partial charge in [0.25, 0.3) is 0 Å². The van der Waals surface area contributed by atoms with E-state index >= 15 is 8.78 Å². The summed E-state index contributed by atoms with van der Waals surface area (Å²) >= 11 is 0. The molecule has 0 unspecified atom stereocenters. The molecule has 14 heteroatoms. The standard InChI is InChI=1S/C31H33F2N7O5/c1-6-28(41)39-10-7-18(8-11-39)44-26-13-19-22(16-25(26)43-5)34-17-35-29(19)36-23-14-21(33)24(15-20(23)32)45-27-9-12-40(38-27)30(42)37-31(2,3)4/h6,9,12-18H,1,7-8,10-11H2,2-5H3,(H,37,42)(H,34,35,36). The molecule has 2 aromatic carbocycles. The van der Waals surface area contributed by atoms with Crippen molar-refractivity contribution in [1.82, 2.24) is 30.0 Å². The Labute approximate surface area is 258 Å². The van der Waals surface area contributed by atoms with Crippen molar-refractivity contribution >= 4 is 34.3 Å². The summed E-state index contributed by atoms with van der Waals surface area (Å²) in [6.07, 6.45) is 4.98. The van der Waals surface area contributed by atoms with Crippen molar-refractivity contribution in [3.63, 3.8) is 0 Å². The maximum Gasteiger partial charge on any atom is 0.342 e. The molecule has 0 aliphatic carbocycles. The number of rotatable bonds is 8. The zero-order valence-corrected chi connectivity index (χ0v) is 25.3.